The van der Waals surface area contributed by atoms with Crippen molar-refractivity contribution in [3.05, 3.63) is 53.6 Å². The number of halogens is 1. The molecule has 18 heavy (non-hydrogen) atoms. The lowest BCUT2D eigenvalue weighted by Crippen LogP contribution is -2.14. The Hall–Kier alpha value is -2.08. The molecule has 1 aromatic carbocycles. The molecular weight excluding hydrogens is 251 g/mol. The molecule has 3 N–H and O–H groups in total. The number of nitrogens with zero attached hydrogens (tertiary/aromatic N) is 2. The van der Waals surface area contributed by atoms with E-state index in [1.807, 2.05) is 6.07 Å². The number of aromatic nitrogens is 2. The third-order valence-electron chi connectivity index (χ3n) is 2.33. The van der Waals surface area contributed by atoms with E-state index >= 15 is 0 Å². The van der Waals surface area contributed by atoms with Gasteiger partial charge in [0, 0.05) is 17.4 Å². The van der Waals surface area contributed by atoms with Gasteiger partial charge in [-0.3, -0.25) is 0 Å². The lowest BCUT2D eigenvalue weighted by Gasteiger charge is -2.10. The monoisotopic (exact) mass is 262 g/mol. The van der Waals surface area contributed by atoms with Gasteiger partial charge in [0.25, 0.3) is 0 Å². The molecule has 0 unspecified atom stereocenters. The molecule has 0 radical (unpaired) electrons. The summed E-state index contributed by atoms with van der Waals surface area (Å²) in [5.41, 5.74) is 7.48. The Morgan fingerprint density at radius 1 is 1.39 bits per heavy atom. The molecule has 1 heterocycles. The van der Waals surface area contributed by atoms with Crippen LogP contribution in [0.3, 0.4) is 0 Å². The summed E-state index contributed by atoms with van der Waals surface area (Å²) in [6.07, 6.45) is 1.60. The molecule has 0 aliphatic heterocycles. The molecule has 0 fully saturated rings. The van der Waals surface area contributed by atoms with E-state index in [0.29, 0.717) is 17.8 Å². The molecule has 2 rings (SSSR count). The number of rotatable bonds is 4. The fourth-order valence-corrected chi connectivity index (χ4v) is 1.66. The second-order valence-electron chi connectivity index (χ2n) is 3.62. The zero-order valence-corrected chi connectivity index (χ0v) is 10.2. The van der Waals surface area contributed by atoms with Gasteiger partial charge in [0.15, 0.2) is 0 Å². The number of hydrogen-bond donors (Lipinski definition) is 2. The van der Waals surface area contributed by atoms with Crippen molar-refractivity contribution >= 4 is 22.9 Å². The van der Waals surface area contributed by atoms with Crippen molar-refractivity contribution in [3.63, 3.8) is 0 Å². The Kier molecular flexibility index (Phi) is 3.78. The van der Waals surface area contributed by atoms with Crippen molar-refractivity contribution < 1.29 is 4.39 Å². The molecule has 0 bridgehead atoms. The predicted molar refractivity (Wildman–Crippen MR) is 71.6 cm³/mol. The highest BCUT2D eigenvalue weighted by atomic mass is 32.1. The van der Waals surface area contributed by atoms with E-state index in [2.05, 4.69) is 15.5 Å². The highest BCUT2D eigenvalue weighted by Crippen LogP contribution is 2.17. The minimum atomic E-state index is -0.372. The summed E-state index contributed by atoms with van der Waals surface area (Å²) in [6.45, 7) is 0.467. The second-order valence-corrected chi connectivity index (χ2v) is 4.06. The zero-order chi connectivity index (χ0) is 13.0. The van der Waals surface area contributed by atoms with Crippen molar-refractivity contribution in [2.45, 2.75) is 6.54 Å². The average molecular weight is 262 g/mol. The van der Waals surface area contributed by atoms with Gasteiger partial charge < -0.3 is 11.1 Å². The van der Waals surface area contributed by atoms with Crippen molar-refractivity contribution in [3.8, 4) is 0 Å². The molecule has 0 amide bonds. The Morgan fingerprint density at radius 2 is 2.22 bits per heavy atom. The SMILES string of the molecule is NC(=S)c1cc(F)ccc1NCc1cccnn1. The number of thiocarbonyl (C=S) groups is 1. The summed E-state index contributed by atoms with van der Waals surface area (Å²) in [7, 11) is 0. The number of nitrogens with one attached hydrogen (secondary N) is 1. The topological polar surface area (TPSA) is 63.8 Å². The van der Waals surface area contributed by atoms with Crippen LogP contribution in [0.1, 0.15) is 11.3 Å². The maximum atomic E-state index is 13.1. The summed E-state index contributed by atoms with van der Waals surface area (Å²) in [4.78, 5) is 0.149. The lowest BCUT2D eigenvalue weighted by atomic mass is 10.1. The van der Waals surface area contributed by atoms with Crippen molar-refractivity contribution in [1.82, 2.24) is 10.2 Å². The van der Waals surface area contributed by atoms with Crippen LogP contribution in [0.2, 0.25) is 0 Å². The van der Waals surface area contributed by atoms with Crippen LogP contribution in [0.4, 0.5) is 10.1 Å². The third-order valence-corrected chi connectivity index (χ3v) is 2.55. The molecule has 0 atom stereocenters. The van der Waals surface area contributed by atoms with Gasteiger partial charge in [-0.2, -0.15) is 10.2 Å². The molecule has 0 aliphatic carbocycles. The second kappa shape index (κ2) is 5.50. The van der Waals surface area contributed by atoms with E-state index in [4.69, 9.17) is 18.0 Å². The van der Waals surface area contributed by atoms with Crippen LogP contribution in [0.15, 0.2) is 36.5 Å². The quantitative estimate of drug-likeness (QED) is 0.823. The van der Waals surface area contributed by atoms with E-state index in [-0.39, 0.29) is 10.8 Å². The Morgan fingerprint density at radius 3 is 2.89 bits per heavy atom. The Bertz CT molecular complexity index is 559. The molecule has 0 spiro atoms. The first kappa shape index (κ1) is 12.4. The molecule has 4 nitrogen and oxygen atoms in total. The molecule has 0 saturated heterocycles. The van der Waals surface area contributed by atoms with Crippen molar-refractivity contribution in [2.75, 3.05) is 5.32 Å². The fraction of sp³-hybridized carbons (Fsp3) is 0.0833. The van der Waals surface area contributed by atoms with Gasteiger partial charge in [0.2, 0.25) is 0 Å². The van der Waals surface area contributed by atoms with E-state index in [1.165, 1.54) is 12.1 Å². The normalized spacial score (nSPS) is 10.1. The number of benzene rings is 1. The Labute approximate surface area is 109 Å². The van der Waals surface area contributed by atoms with E-state index in [0.717, 1.165) is 5.69 Å². The maximum Gasteiger partial charge on any atom is 0.124 e. The van der Waals surface area contributed by atoms with Crippen LogP contribution in [-0.4, -0.2) is 15.2 Å². The number of anilines is 1. The van der Waals surface area contributed by atoms with Gasteiger partial charge in [-0.15, -0.1) is 0 Å². The maximum absolute atomic E-state index is 13.1. The first-order valence-electron chi connectivity index (χ1n) is 5.26. The largest absolute Gasteiger partial charge is 0.389 e. The molecular formula is C12H11FN4S. The Balaban J connectivity index is 2.17. The molecule has 92 valence electrons. The van der Waals surface area contributed by atoms with Crippen LogP contribution in [0.5, 0.6) is 0 Å². The van der Waals surface area contributed by atoms with Gasteiger partial charge in [0.1, 0.15) is 10.8 Å². The third kappa shape index (κ3) is 2.98. The van der Waals surface area contributed by atoms with Gasteiger partial charge in [0.05, 0.1) is 12.2 Å². The standard InChI is InChI=1S/C12H11FN4S/c13-8-3-4-11(10(6-8)12(14)18)15-7-9-2-1-5-16-17-9/h1-6,15H,7H2,(H2,14,18). The summed E-state index contributed by atoms with van der Waals surface area (Å²) in [5.74, 6) is -0.372. The smallest absolute Gasteiger partial charge is 0.124 e. The van der Waals surface area contributed by atoms with Crippen molar-refractivity contribution in [1.29, 1.82) is 0 Å². The minimum absolute atomic E-state index is 0.149. The predicted octanol–water partition coefficient (Wildman–Crippen LogP) is 1.86. The zero-order valence-electron chi connectivity index (χ0n) is 9.43. The summed E-state index contributed by atoms with van der Waals surface area (Å²) in [5, 5.41) is 10.8. The van der Waals surface area contributed by atoms with Crippen LogP contribution in [-0.2, 0) is 6.54 Å². The van der Waals surface area contributed by atoms with Crippen LogP contribution < -0.4 is 11.1 Å². The first-order valence-corrected chi connectivity index (χ1v) is 5.67. The summed E-state index contributed by atoms with van der Waals surface area (Å²) >= 11 is 4.88. The van der Waals surface area contributed by atoms with Gasteiger partial charge in [-0.25, -0.2) is 4.39 Å². The fourth-order valence-electron chi connectivity index (χ4n) is 1.49. The molecule has 0 aliphatic rings. The number of nitrogens with two attached hydrogens (primary N) is 1. The van der Waals surface area contributed by atoms with Crippen molar-refractivity contribution in [2.24, 2.45) is 5.73 Å². The highest BCUT2D eigenvalue weighted by Gasteiger charge is 2.06. The van der Waals surface area contributed by atoms with E-state index in [1.54, 1.807) is 18.3 Å². The minimum Gasteiger partial charge on any atom is -0.389 e. The van der Waals surface area contributed by atoms with E-state index in [9.17, 15) is 4.39 Å². The molecule has 1 aromatic heterocycles. The summed E-state index contributed by atoms with van der Waals surface area (Å²) in [6, 6.07) is 7.88. The van der Waals surface area contributed by atoms with Crippen LogP contribution in [0, 0.1) is 5.82 Å². The van der Waals surface area contributed by atoms with Gasteiger partial charge >= 0.3 is 0 Å². The van der Waals surface area contributed by atoms with Gasteiger partial charge in [-0.1, -0.05) is 12.2 Å². The van der Waals surface area contributed by atoms with E-state index < -0.39 is 0 Å². The summed E-state index contributed by atoms with van der Waals surface area (Å²) < 4.78 is 13.1. The highest BCUT2D eigenvalue weighted by molar-refractivity contribution is 7.80. The van der Waals surface area contributed by atoms with Gasteiger partial charge in [-0.05, 0) is 30.3 Å². The lowest BCUT2D eigenvalue weighted by molar-refractivity contribution is 0.627. The molecule has 0 saturated carbocycles. The van der Waals surface area contributed by atoms with Crippen LogP contribution in [0.25, 0.3) is 0 Å². The molecule has 6 heteroatoms. The van der Waals surface area contributed by atoms with Crippen LogP contribution >= 0.6 is 12.2 Å². The number of hydrogen-bond acceptors (Lipinski definition) is 4. The molecule has 2 aromatic rings. The first-order chi connectivity index (χ1) is 8.66. The average Bonchev–Trinajstić information content (AvgIpc) is 2.38.